The molecule has 1 aromatic heterocycles. The molecule has 2 N–H and O–H groups in total. The number of amides is 3. The fourth-order valence-electron chi connectivity index (χ4n) is 3.04. The Morgan fingerprint density at radius 3 is 2.68 bits per heavy atom. The Balaban J connectivity index is 1.70. The molecule has 1 unspecified atom stereocenters. The molecule has 3 amide bonds. The van der Waals surface area contributed by atoms with E-state index in [0.717, 1.165) is 31.0 Å². The Hall–Kier alpha value is -2.44. The first kappa shape index (κ1) is 23.2. The monoisotopic (exact) mass is 467 g/mol. The van der Waals surface area contributed by atoms with Crippen LogP contribution < -0.4 is 10.6 Å². The summed E-state index contributed by atoms with van der Waals surface area (Å²) >= 11 is 1.00. The number of thioether (sulfide) groups is 1. The molecule has 0 spiro atoms. The normalized spacial score (nSPS) is 15.9. The van der Waals surface area contributed by atoms with Crippen LogP contribution in [0.15, 0.2) is 38.8 Å². The molecule has 1 fully saturated rings. The quantitative estimate of drug-likeness (QED) is 0.592. The topological polar surface area (TPSA) is 134 Å². The smallest absolute Gasteiger partial charge is 0.321 e. The molecule has 10 nitrogen and oxygen atoms in total. The summed E-state index contributed by atoms with van der Waals surface area (Å²) in [5.74, 6) is -0.347. The van der Waals surface area contributed by atoms with Crippen molar-refractivity contribution in [3.05, 3.63) is 24.3 Å². The van der Waals surface area contributed by atoms with Crippen molar-refractivity contribution in [2.24, 2.45) is 0 Å². The number of imide groups is 1. The van der Waals surface area contributed by atoms with E-state index in [1.807, 2.05) is 0 Å². The average Bonchev–Trinajstić information content (AvgIpc) is 3.23. The van der Waals surface area contributed by atoms with E-state index in [2.05, 4.69) is 20.8 Å². The molecule has 31 heavy (non-hydrogen) atoms. The number of carbonyl (C=O) groups excluding carboxylic acids is 2. The molecular formula is C19H25N5O5S2. The number of nitrogens with zero attached hydrogens (tertiary/aromatic N) is 3. The Labute approximate surface area is 185 Å². The van der Waals surface area contributed by atoms with Crippen LogP contribution in [0.25, 0.3) is 11.5 Å². The van der Waals surface area contributed by atoms with Crippen LogP contribution in [0.4, 0.5) is 4.79 Å². The molecule has 0 bridgehead atoms. The van der Waals surface area contributed by atoms with Crippen LogP contribution in [-0.4, -0.2) is 59.7 Å². The number of urea groups is 1. The van der Waals surface area contributed by atoms with E-state index in [1.165, 1.54) is 10.4 Å². The van der Waals surface area contributed by atoms with Crippen LogP contribution in [0.2, 0.25) is 0 Å². The molecule has 12 heteroatoms. The number of carbonyl (C=O) groups is 2. The Kier molecular flexibility index (Phi) is 7.68. The van der Waals surface area contributed by atoms with Crippen molar-refractivity contribution >= 4 is 33.7 Å². The summed E-state index contributed by atoms with van der Waals surface area (Å²) in [4.78, 5) is 23.7. The van der Waals surface area contributed by atoms with E-state index in [-0.39, 0.29) is 16.0 Å². The van der Waals surface area contributed by atoms with E-state index in [0.29, 0.717) is 25.2 Å². The molecular weight excluding hydrogens is 442 g/mol. The van der Waals surface area contributed by atoms with Gasteiger partial charge in [0.15, 0.2) is 0 Å². The molecule has 1 saturated heterocycles. The predicted octanol–water partition coefficient (Wildman–Crippen LogP) is 2.24. The summed E-state index contributed by atoms with van der Waals surface area (Å²) in [6.07, 6.45) is 2.75. The van der Waals surface area contributed by atoms with Crippen molar-refractivity contribution in [3.63, 3.8) is 0 Å². The molecule has 0 saturated carbocycles. The number of sulfonamides is 1. The summed E-state index contributed by atoms with van der Waals surface area (Å²) in [6, 6.07) is 5.80. The number of piperidine rings is 1. The van der Waals surface area contributed by atoms with Gasteiger partial charge in [-0.3, -0.25) is 10.1 Å². The number of aromatic nitrogens is 2. The highest BCUT2D eigenvalue weighted by Gasteiger charge is 2.27. The number of benzene rings is 1. The minimum absolute atomic E-state index is 0.137. The van der Waals surface area contributed by atoms with E-state index < -0.39 is 27.2 Å². The average molecular weight is 468 g/mol. The van der Waals surface area contributed by atoms with Gasteiger partial charge in [0.1, 0.15) is 0 Å². The first-order valence-corrected chi connectivity index (χ1v) is 12.3. The van der Waals surface area contributed by atoms with E-state index in [9.17, 15) is 18.0 Å². The van der Waals surface area contributed by atoms with Crippen molar-refractivity contribution < 1.29 is 22.4 Å². The highest BCUT2D eigenvalue weighted by molar-refractivity contribution is 8.00. The summed E-state index contributed by atoms with van der Waals surface area (Å²) < 4.78 is 32.9. The molecule has 1 aliphatic heterocycles. The van der Waals surface area contributed by atoms with E-state index >= 15 is 0 Å². The van der Waals surface area contributed by atoms with Crippen LogP contribution in [0.5, 0.6) is 0 Å². The fourth-order valence-corrected chi connectivity index (χ4v) is 5.29. The van der Waals surface area contributed by atoms with Crippen LogP contribution in [0, 0.1) is 0 Å². The van der Waals surface area contributed by atoms with Gasteiger partial charge >= 0.3 is 6.03 Å². The molecule has 0 radical (unpaired) electrons. The maximum absolute atomic E-state index is 12.9. The van der Waals surface area contributed by atoms with Crippen molar-refractivity contribution in [3.8, 4) is 11.5 Å². The summed E-state index contributed by atoms with van der Waals surface area (Å²) in [6.45, 7) is 4.79. The lowest BCUT2D eigenvalue weighted by atomic mass is 10.2. The number of hydrogen-bond acceptors (Lipinski definition) is 8. The minimum atomic E-state index is -3.58. The third kappa shape index (κ3) is 5.83. The molecule has 1 aliphatic rings. The van der Waals surface area contributed by atoms with Crippen molar-refractivity contribution in [1.82, 2.24) is 25.1 Å². The van der Waals surface area contributed by atoms with Gasteiger partial charge in [-0.1, -0.05) is 24.2 Å². The second-order valence-electron chi connectivity index (χ2n) is 6.97. The molecule has 2 aromatic rings. The van der Waals surface area contributed by atoms with Gasteiger partial charge < -0.3 is 9.73 Å². The summed E-state index contributed by atoms with van der Waals surface area (Å²) in [7, 11) is -3.58. The zero-order chi connectivity index (χ0) is 22.4. The molecule has 0 aliphatic carbocycles. The van der Waals surface area contributed by atoms with Gasteiger partial charge in [-0.2, -0.15) is 4.31 Å². The second-order valence-corrected chi connectivity index (χ2v) is 10.2. The SMILES string of the molecule is CCNC(=O)NC(=O)C(C)Sc1nnc(-c2cccc(S(=O)(=O)N3CCCCC3)c2)o1. The minimum Gasteiger partial charge on any atom is -0.411 e. The van der Waals surface area contributed by atoms with Gasteiger partial charge in [0.2, 0.25) is 21.8 Å². The third-order valence-electron chi connectivity index (χ3n) is 4.66. The van der Waals surface area contributed by atoms with Gasteiger partial charge in [-0.15, -0.1) is 10.2 Å². The van der Waals surface area contributed by atoms with Gasteiger partial charge in [0.25, 0.3) is 5.22 Å². The van der Waals surface area contributed by atoms with Crippen molar-refractivity contribution in [2.45, 2.75) is 48.5 Å². The number of nitrogens with one attached hydrogen (secondary N) is 2. The molecule has 3 rings (SSSR count). The lowest BCUT2D eigenvalue weighted by Gasteiger charge is -2.25. The second kappa shape index (κ2) is 10.2. The van der Waals surface area contributed by atoms with Crippen LogP contribution >= 0.6 is 11.8 Å². The highest BCUT2D eigenvalue weighted by atomic mass is 32.2. The van der Waals surface area contributed by atoms with Gasteiger partial charge in [-0.05, 0) is 44.9 Å². The van der Waals surface area contributed by atoms with Crippen molar-refractivity contribution in [2.75, 3.05) is 19.6 Å². The van der Waals surface area contributed by atoms with E-state index in [4.69, 9.17) is 4.42 Å². The Morgan fingerprint density at radius 1 is 1.23 bits per heavy atom. The zero-order valence-electron chi connectivity index (χ0n) is 17.3. The van der Waals surface area contributed by atoms with Crippen LogP contribution in [-0.2, 0) is 14.8 Å². The van der Waals surface area contributed by atoms with E-state index in [1.54, 1.807) is 32.0 Å². The fraction of sp³-hybridized carbons (Fsp3) is 0.474. The summed E-state index contributed by atoms with van der Waals surface area (Å²) in [5, 5.41) is 12.1. The van der Waals surface area contributed by atoms with Gasteiger partial charge in [-0.25, -0.2) is 13.2 Å². The molecule has 2 heterocycles. The molecule has 1 atom stereocenters. The predicted molar refractivity (Wildman–Crippen MR) is 115 cm³/mol. The lowest BCUT2D eigenvalue weighted by molar-refractivity contribution is -0.119. The zero-order valence-corrected chi connectivity index (χ0v) is 19.0. The number of rotatable bonds is 7. The molecule has 168 valence electrons. The van der Waals surface area contributed by atoms with Gasteiger partial charge in [0.05, 0.1) is 10.1 Å². The van der Waals surface area contributed by atoms with Gasteiger partial charge in [0, 0.05) is 25.2 Å². The molecule has 1 aromatic carbocycles. The van der Waals surface area contributed by atoms with Crippen molar-refractivity contribution in [1.29, 1.82) is 0 Å². The third-order valence-corrected chi connectivity index (χ3v) is 7.49. The Bertz CT molecular complexity index is 1030. The Morgan fingerprint density at radius 2 is 1.97 bits per heavy atom. The van der Waals surface area contributed by atoms with Crippen LogP contribution in [0.3, 0.4) is 0 Å². The maximum Gasteiger partial charge on any atom is 0.321 e. The van der Waals surface area contributed by atoms with Crippen LogP contribution in [0.1, 0.15) is 33.1 Å². The lowest BCUT2D eigenvalue weighted by Crippen LogP contribution is -2.42. The standard InChI is InChI=1S/C19H25N5O5S2/c1-3-20-18(26)21-16(25)13(2)30-19-23-22-17(29-19)14-8-7-9-15(12-14)31(27,28)24-10-5-4-6-11-24/h7-9,12-13H,3-6,10-11H2,1-2H3,(H2,20,21,25,26). The highest BCUT2D eigenvalue weighted by Crippen LogP contribution is 2.28. The largest absolute Gasteiger partial charge is 0.411 e. The first-order valence-electron chi connectivity index (χ1n) is 10.0. The maximum atomic E-state index is 12.9. The first-order chi connectivity index (χ1) is 14.8. The number of hydrogen-bond donors (Lipinski definition) is 2. The summed E-state index contributed by atoms with van der Waals surface area (Å²) in [5.41, 5.74) is 0.469.